The fraction of sp³-hybridized carbons (Fsp3) is 0.103. The number of methoxy groups -OCH3 is 1. The summed E-state index contributed by atoms with van der Waals surface area (Å²) in [6.45, 7) is 0.349. The summed E-state index contributed by atoms with van der Waals surface area (Å²) >= 11 is 5.97. The van der Waals surface area contributed by atoms with Crippen LogP contribution in [0.2, 0.25) is 5.02 Å². The van der Waals surface area contributed by atoms with Crippen molar-refractivity contribution >= 4 is 29.4 Å². The van der Waals surface area contributed by atoms with Crippen molar-refractivity contribution in [3.05, 3.63) is 118 Å². The molecule has 0 spiro atoms. The summed E-state index contributed by atoms with van der Waals surface area (Å²) in [4.78, 5) is 26.1. The van der Waals surface area contributed by atoms with Crippen molar-refractivity contribution in [2.24, 2.45) is 0 Å². The highest BCUT2D eigenvalue weighted by molar-refractivity contribution is 6.30. The number of benzene rings is 3. The minimum Gasteiger partial charge on any atom is -0.497 e. The average molecular weight is 486 g/mol. The van der Waals surface area contributed by atoms with E-state index in [1.165, 1.54) is 0 Å². The van der Waals surface area contributed by atoms with Crippen LogP contribution in [0.3, 0.4) is 0 Å². The molecule has 1 aromatic heterocycles. The quantitative estimate of drug-likeness (QED) is 0.215. The molecule has 1 amide bonds. The molecule has 1 heterocycles. The van der Waals surface area contributed by atoms with E-state index < -0.39 is 0 Å². The maximum atomic E-state index is 13.1. The number of ether oxygens (including phenoxy) is 1. The SMILES string of the molecule is COc1ccc(C(=O)C/C(=C/c2ccc(-c3ccc(Cl)cc3)o2)C(=O)NCc2ccccc2)cc1. The number of furan rings is 1. The standard InChI is InChI=1S/C29H24ClNO4/c1-34-25-13-9-21(10-14-25)27(32)18-23(29(33)31-19-20-5-3-2-4-6-20)17-26-15-16-28(35-26)22-7-11-24(30)12-8-22/h2-17H,18-19H2,1H3,(H,31,33)/b23-17-. The molecule has 6 heteroatoms. The average Bonchev–Trinajstić information content (AvgIpc) is 3.36. The predicted molar refractivity (Wildman–Crippen MR) is 137 cm³/mol. The molecular weight excluding hydrogens is 462 g/mol. The molecule has 0 aliphatic rings. The third-order valence-corrected chi connectivity index (χ3v) is 5.67. The number of hydrogen-bond acceptors (Lipinski definition) is 4. The number of Topliss-reactive ketones (excluding diaryl/α,β-unsaturated/α-hetero) is 1. The molecule has 5 nitrogen and oxygen atoms in total. The summed E-state index contributed by atoms with van der Waals surface area (Å²) in [6, 6.07) is 27.3. The number of halogens is 1. The molecule has 3 aromatic carbocycles. The van der Waals surface area contributed by atoms with Crippen molar-refractivity contribution in [1.82, 2.24) is 5.32 Å². The Bertz CT molecular complexity index is 1320. The fourth-order valence-electron chi connectivity index (χ4n) is 3.51. The first-order valence-electron chi connectivity index (χ1n) is 11.1. The highest BCUT2D eigenvalue weighted by atomic mass is 35.5. The van der Waals surface area contributed by atoms with Crippen molar-refractivity contribution in [3.63, 3.8) is 0 Å². The zero-order valence-corrected chi connectivity index (χ0v) is 19.9. The minimum atomic E-state index is -0.333. The van der Waals surface area contributed by atoms with Crippen LogP contribution in [-0.2, 0) is 11.3 Å². The van der Waals surface area contributed by atoms with Crippen molar-refractivity contribution < 1.29 is 18.7 Å². The third-order valence-electron chi connectivity index (χ3n) is 5.42. The Morgan fingerprint density at radius 1 is 0.914 bits per heavy atom. The molecule has 0 aliphatic heterocycles. The van der Waals surface area contributed by atoms with Gasteiger partial charge in [0.1, 0.15) is 17.3 Å². The van der Waals surface area contributed by atoms with Gasteiger partial charge in [-0.3, -0.25) is 9.59 Å². The highest BCUT2D eigenvalue weighted by Crippen LogP contribution is 2.26. The Balaban J connectivity index is 1.57. The van der Waals surface area contributed by atoms with E-state index in [1.807, 2.05) is 48.5 Å². The molecule has 0 unspecified atom stereocenters. The molecule has 4 rings (SSSR count). The molecule has 176 valence electrons. The molecule has 0 saturated carbocycles. The smallest absolute Gasteiger partial charge is 0.248 e. The number of hydrogen-bond donors (Lipinski definition) is 1. The van der Waals surface area contributed by atoms with Crippen LogP contribution in [0.5, 0.6) is 5.75 Å². The number of rotatable bonds is 9. The van der Waals surface area contributed by atoms with E-state index in [-0.39, 0.29) is 18.1 Å². The van der Waals surface area contributed by atoms with Gasteiger partial charge < -0.3 is 14.5 Å². The molecule has 1 N–H and O–H groups in total. The van der Waals surface area contributed by atoms with Crippen molar-refractivity contribution in [1.29, 1.82) is 0 Å². The second-order valence-electron chi connectivity index (χ2n) is 7.88. The van der Waals surface area contributed by atoms with E-state index in [0.717, 1.165) is 11.1 Å². The minimum absolute atomic E-state index is 0.0794. The topological polar surface area (TPSA) is 68.5 Å². The van der Waals surface area contributed by atoms with E-state index in [4.69, 9.17) is 20.8 Å². The normalized spacial score (nSPS) is 11.2. The molecule has 0 bridgehead atoms. The number of nitrogens with one attached hydrogen (secondary N) is 1. The Morgan fingerprint density at radius 2 is 1.63 bits per heavy atom. The monoisotopic (exact) mass is 485 g/mol. The molecule has 0 fully saturated rings. The molecule has 0 atom stereocenters. The van der Waals surface area contributed by atoms with Gasteiger partial charge in [0.2, 0.25) is 5.91 Å². The van der Waals surface area contributed by atoms with Gasteiger partial charge >= 0.3 is 0 Å². The molecular formula is C29H24ClNO4. The summed E-state index contributed by atoms with van der Waals surface area (Å²) in [5, 5.41) is 3.54. The van der Waals surface area contributed by atoms with Crippen molar-refractivity contribution in [2.75, 3.05) is 7.11 Å². The largest absolute Gasteiger partial charge is 0.497 e. The van der Waals surface area contributed by atoms with Crippen LogP contribution in [0, 0.1) is 0 Å². The van der Waals surface area contributed by atoms with Gasteiger partial charge in [-0.15, -0.1) is 0 Å². The van der Waals surface area contributed by atoms with Crippen molar-refractivity contribution in [2.45, 2.75) is 13.0 Å². The molecule has 35 heavy (non-hydrogen) atoms. The van der Waals surface area contributed by atoms with E-state index in [1.54, 1.807) is 55.7 Å². The second kappa shape index (κ2) is 11.4. The van der Waals surface area contributed by atoms with Crippen LogP contribution >= 0.6 is 11.6 Å². The number of carbonyl (C=O) groups excluding carboxylic acids is 2. The lowest BCUT2D eigenvalue weighted by atomic mass is 10.0. The van der Waals surface area contributed by atoms with Gasteiger partial charge in [0.15, 0.2) is 5.78 Å². The fourth-order valence-corrected chi connectivity index (χ4v) is 3.64. The second-order valence-corrected chi connectivity index (χ2v) is 8.31. The van der Waals surface area contributed by atoms with Gasteiger partial charge in [-0.2, -0.15) is 0 Å². The summed E-state index contributed by atoms with van der Waals surface area (Å²) in [5.74, 6) is 1.25. The summed E-state index contributed by atoms with van der Waals surface area (Å²) in [5.41, 5.74) is 2.62. The van der Waals surface area contributed by atoms with Crippen LogP contribution in [0.25, 0.3) is 17.4 Å². The zero-order chi connectivity index (χ0) is 24.6. The Kier molecular flexibility index (Phi) is 7.81. The van der Waals surface area contributed by atoms with Gasteiger partial charge in [0.25, 0.3) is 0 Å². The van der Waals surface area contributed by atoms with E-state index >= 15 is 0 Å². The van der Waals surface area contributed by atoms with Crippen LogP contribution in [0.4, 0.5) is 0 Å². The predicted octanol–water partition coefficient (Wildman–Crippen LogP) is 6.58. The molecule has 0 saturated heterocycles. The zero-order valence-electron chi connectivity index (χ0n) is 19.2. The lowest BCUT2D eigenvalue weighted by molar-refractivity contribution is -0.117. The maximum absolute atomic E-state index is 13.1. The van der Waals surface area contributed by atoms with E-state index in [9.17, 15) is 9.59 Å². The molecule has 0 aliphatic carbocycles. The Morgan fingerprint density at radius 3 is 2.31 bits per heavy atom. The number of carbonyl (C=O) groups is 2. The van der Waals surface area contributed by atoms with Crippen LogP contribution in [0.1, 0.15) is 28.1 Å². The number of ketones is 1. The summed E-state index contributed by atoms with van der Waals surface area (Å²) in [6.07, 6.45) is 1.53. The van der Waals surface area contributed by atoms with Gasteiger partial charge in [0.05, 0.1) is 7.11 Å². The maximum Gasteiger partial charge on any atom is 0.248 e. The molecule has 0 radical (unpaired) electrons. The summed E-state index contributed by atoms with van der Waals surface area (Å²) in [7, 11) is 1.57. The lowest BCUT2D eigenvalue weighted by Crippen LogP contribution is -2.25. The van der Waals surface area contributed by atoms with E-state index in [0.29, 0.717) is 40.0 Å². The Labute approximate surface area is 209 Å². The highest BCUT2D eigenvalue weighted by Gasteiger charge is 2.17. The third kappa shape index (κ3) is 6.49. The van der Waals surface area contributed by atoms with Gasteiger partial charge in [0, 0.05) is 34.7 Å². The lowest BCUT2D eigenvalue weighted by Gasteiger charge is -2.09. The first-order chi connectivity index (χ1) is 17.0. The first kappa shape index (κ1) is 24.0. The Hall–Kier alpha value is -4.09. The summed E-state index contributed by atoms with van der Waals surface area (Å²) < 4.78 is 11.1. The van der Waals surface area contributed by atoms with Gasteiger partial charge in [-0.1, -0.05) is 41.9 Å². The van der Waals surface area contributed by atoms with Gasteiger partial charge in [-0.05, 0) is 72.3 Å². The first-order valence-corrected chi connectivity index (χ1v) is 11.5. The van der Waals surface area contributed by atoms with Crippen LogP contribution in [-0.4, -0.2) is 18.8 Å². The van der Waals surface area contributed by atoms with E-state index in [2.05, 4.69) is 5.32 Å². The van der Waals surface area contributed by atoms with Crippen LogP contribution in [0.15, 0.2) is 101 Å². The van der Waals surface area contributed by atoms with Crippen molar-refractivity contribution in [3.8, 4) is 17.1 Å². The number of amides is 1. The van der Waals surface area contributed by atoms with Crippen LogP contribution < -0.4 is 10.1 Å². The van der Waals surface area contributed by atoms with Gasteiger partial charge in [-0.25, -0.2) is 0 Å². The molecule has 4 aromatic rings.